The van der Waals surface area contributed by atoms with Gasteiger partial charge in [-0.25, -0.2) is 15.0 Å². The van der Waals surface area contributed by atoms with Gasteiger partial charge >= 0.3 is 0 Å². The van der Waals surface area contributed by atoms with E-state index in [4.69, 9.17) is 0 Å². The SMILES string of the molecule is C=N/C(NC1(C)CC1)=C(\C)C(C(=O)N1CCc2c(ncnc2C2CC2)C1)=C(C)C. The van der Waals surface area contributed by atoms with Gasteiger partial charge in [-0.15, -0.1) is 0 Å². The first kappa shape index (κ1) is 19.8. The molecule has 0 bridgehead atoms. The van der Waals surface area contributed by atoms with Gasteiger partial charge in [-0.2, -0.15) is 0 Å². The van der Waals surface area contributed by atoms with Gasteiger partial charge in [0.1, 0.15) is 12.1 Å². The number of allylic oxidation sites excluding steroid dienone is 1. The minimum absolute atomic E-state index is 0.0450. The molecule has 154 valence electrons. The molecule has 2 aliphatic carbocycles. The number of hydrogen-bond donors (Lipinski definition) is 1. The number of rotatable bonds is 6. The standard InChI is InChI=1S/C23H31N5O/c1-14(2)19(15(3)21(24-5)27-23(4)9-10-23)22(29)28-11-8-17-18(12-28)25-13-26-20(17)16-6-7-16/h13,16,27H,5-12H2,1-4H3/b21-15-. The summed E-state index contributed by atoms with van der Waals surface area (Å²) in [5, 5.41) is 3.48. The summed E-state index contributed by atoms with van der Waals surface area (Å²) in [7, 11) is 0. The fourth-order valence-corrected chi connectivity index (χ4v) is 4.14. The lowest BCUT2D eigenvalue weighted by Gasteiger charge is -2.30. The molecule has 3 aliphatic rings. The number of fused-ring (bicyclic) bond motifs is 1. The van der Waals surface area contributed by atoms with Crippen LogP contribution in [0.25, 0.3) is 0 Å². The molecule has 0 radical (unpaired) electrons. The fraction of sp³-hybridized carbons (Fsp3) is 0.565. The lowest BCUT2D eigenvalue weighted by atomic mass is 9.97. The lowest BCUT2D eigenvalue weighted by molar-refractivity contribution is -0.127. The summed E-state index contributed by atoms with van der Waals surface area (Å²) in [4.78, 5) is 28.7. The highest BCUT2D eigenvalue weighted by Crippen LogP contribution is 2.42. The van der Waals surface area contributed by atoms with E-state index in [1.807, 2.05) is 25.7 Å². The number of amides is 1. The van der Waals surface area contributed by atoms with Crippen LogP contribution in [0.5, 0.6) is 0 Å². The number of carbonyl (C=O) groups excluding carboxylic acids is 1. The van der Waals surface area contributed by atoms with Crippen molar-refractivity contribution in [2.75, 3.05) is 6.54 Å². The zero-order valence-corrected chi connectivity index (χ0v) is 18.0. The summed E-state index contributed by atoms with van der Waals surface area (Å²) in [6.07, 6.45) is 7.16. The summed E-state index contributed by atoms with van der Waals surface area (Å²) in [5.74, 6) is 1.36. The van der Waals surface area contributed by atoms with Gasteiger partial charge in [0.25, 0.3) is 5.91 Å². The Morgan fingerprint density at radius 2 is 2.00 bits per heavy atom. The molecule has 1 aliphatic heterocycles. The van der Waals surface area contributed by atoms with Gasteiger partial charge in [0.15, 0.2) is 0 Å². The average molecular weight is 394 g/mol. The van der Waals surface area contributed by atoms with Crippen LogP contribution in [-0.4, -0.2) is 39.6 Å². The van der Waals surface area contributed by atoms with Crippen LogP contribution in [0.4, 0.5) is 0 Å². The minimum atomic E-state index is 0.0450. The maximum Gasteiger partial charge on any atom is 0.254 e. The van der Waals surface area contributed by atoms with Gasteiger partial charge in [-0.3, -0.25) is 4.79 Å². The highest BCUT2D eigenvalue weighted by Gasteiger charge is 2.38. The Morgan fingerprint density at radius 1 is 1.28 bits per heavy atom. The van der Waals surface area contributed by atoms with Crippen molar-refractivity contribution in [3.63, 3.8) is 0 Å². The van der Waals surface area contributed by atoms with E-state index in [0.29, 0.717) is 24.8 Å². The number of aromatic nitrogens is 2. The zero-order chi connectivity index (χ0) is 20.8. The minimum Gasteiger partial charge on any atom is -0.365 e. The third-order valence-corrected chi connectivity index (χ3v) is 6.31. The van der Waals surface area contributed by atoms with Crippen LogP contribution in [0.2, 0.25) is 0 Å². The number of hydrogen-bond acceptors (Lipinski definition) is 5. The van der Waals surface area contributed by atoms with Crippen molar-refractivity contribution in [2.24, 2.45) is 4.99 Å². The molecule has 6 nitrogen and oxygen atoms in total. The monoisotopic (exact) mass is 393 g/mol. The molecule has 1 aromatic heterocycles. The first-order valence-corrected chi connectivity index (χ1v) is 10.6. The molecule has 1 amide bonds. The summed E-state index contributed by atoms with van der Waals surface area (Å²) < 4.78 is 0. The van der Waals surface area contributed by atoms with E-state index < -0.39 is 0 Å². The quantitative estimate of drug-likeness (QED) is 0.455. The molecule has 0 saturated heterocycles. The second kappa shape index (κ2) is 7.39. The fourth-order valence-electron chi connectivity index (χ4n) is 4.14. The first-order chi connectivity index (χ1) is 13.8. The van der Waals surface area contributed by atoms with Gasteiger partial charge in [0, 0.05) is 29.1 Å². The van der Waals surface area contributed by atoms with Crippen molar-refractivity contribution < 1.29 is 4.79 Å². The van der Waals surface area contributed by atoms with Crippen LogP contribution in [0.3, 0.4) is 0 Å². The Bertz CT molecular complexity index is 917. The van der Waals surface area contributed by atoms with Crippen LogP contribution < -0.4 is 5.32 Å². The van der Waals surface area contributed by atoms with E-state index in [1.165, 1.54) is 24.1 Å². The lowest BCUT2D eigenvalue weighted by Crippen LogP contribution is -2.39. The molecule has 0 spiro atoms. The topological polar surface area (TPSA) is 70.5 Å². The Labute approximate surface area is 173 Å². The maximum absolute atomic E-state index is 13.5. The van der Waals surface area contributed by atoms with Gasteiger partial charge in [-0.1, -0.05) is 5.57 Å². The van der Waals surface area contributed by atoms with Gasteiger partial charge in [0.2, 0.25) is 0 Å². The molecule has 2 fully saturated rings. The Kier molecular flexibility index (Phi) is 5.05. The normalized spacial score (nSPS) is 20.3. The molecule has 0 atom stereocenters. The van der Waals surface area contributed by atoms with Gasteiger partial charge in [-0.05, 0) is 72.1 Å². The molecular weight excluding hydrogens is 362 g/mol. The molecule has 2 heterocycles. The second-order valence-corrected chi connectivity index (χ2v) is 9.13. The highest BCUT2D eigenvalue weighted by molar-refractivity contribution is 5.98. The van der Waals surface area contributed by atoms with Crippen molar-refractivity contribution in [3.05, 3.63) is 45.8 Å². The predicted octanol–water partition coefficient (Wildman–Crippen LogP) is 3.65. The summed E-state index contributed by atoms with van der Waals surface area (Å²) in [6, 6.07) is 0. The predicted molar refractivity (Wildman–Crippen MR) is 115 cm³/mol. The first-order valence-electron chi connectivity index (χ1n) is 10.6. The summed E-state index contributed by atoms with van der Waals surface area (Å²) in [5.41, 5.74) is 6.13. The molecule has 0 aromatic carbocycles. The van der Waals surface area contributed by atoms with Crippen molar-refractivity contribution in [1.29, 1.82) is 0 Å². The third kappa shape index (κ3) is 3.98. The van der Waals surface area contributed by atoms with Crippen LogP contribution in [0.1, 0.15) is 76.2 Å². The Morgan fingerprint density at radius 3 is 2.59 bits per heavy atom. The number of nitrogens with one attached hydrogen (secondary N) is 1. The van der Waals surface area contributed by atoms with Crippen molar-refractivity contribution in [2.45, 2.75) is 77.8 Å². The van der Waals surface area contributed by atoms with Crippen LogP contribution in [-0.2, 0) is 17.8 Å². The molecule has 29 heavy (non-hydrogen) atoms. The maximum atomic E-state index is 13.5. The Balaban J connectivity index is 1.59. The van der Waals surface area contributed by atoms with Gasteiger partial charge < -0.3 is 10.2 Å². The van der Waals surface area contributed by atoms with E-state index in [2.05, 4.69) is 33.9 Å². The van der Waals surface area contributed by atoms with Gasteiger partial charge in [0.05, 0.1) is 17.9 Å². The van der Waals surface area contributed by atoms with E-state index >= 15 is 0 Å². The van der Waals surface area contributed by atoms with Crippen LogP contribution in [0.15, 0.2) is 33.9 Å². The molecule has 4 rings (SSSR count). The van der Waals surface area contributed by atoms with E-state index in [-0.39, 0.29) is 11.4 Å². The molecular formula is C23H31N5O. The number of nitrogens with zero attached hydrogens (tertiary/aromatic N) is 4. The number of aliphatic imine (C=N–C) groups is 1. The van der Waals surface area contributed by atoms with Crippen molar-refractivity contribution >= 4 is 12.6 Å². The molecule has 0 unspecified atom stereocenters. The molecule has 2 saturated carbocycles. The number of carbonyl (C=O) groups is 1. The molecule has 1 aromatic rings. The second-order valence-electron chi connectivity index (χ2n) is 9.13. The van der Waals surface area contributed by atoms with E-state index in [0.717, 1.165) is 41.7 Å². The van der Waals surface area contributed by atoms with Crippen molar-refractivity contribution in [3.8, 4) is 0 Å². The summed E-state index contributed by atoms with van der Waals surface area (Å²) in [6.45, 7) is 13.1. The third-order valence-electron chi connectivity index (χ3n) is 6.31. The average Bonchev–Trinajstić information content (AvgIpc) is 3.62. The van der Waals surface area contributed by atoms with Crippen LogP contribution >= 0.6 is 0 Å². The van der Waals surface area contributed by atoms with E-state index in [1.54, 1.807) is 6.33 Å². The zero-order valence-electron chi connectivity index (χ0n) is 18.0. The summed E-state index contributed by atoms with van der Waals surface area (Å²) >= 11 is 0. The van der Waals surface area contributed by atoms with Crippen molar-refractivity contribution in [1.82, 2.24) is 20.2 Å². The molecule has 1 N–H and O–H groups in total. The highest BCUT2D eigenvalue weighted by atomic mass is 16.2. The smallest absolute Gasteiger partial charge is 0.254 e. The van der Waals surface area contributed by atoms with Crippen LogP contribution in [0, 0.1) is 0 Å². The van der Waals surface area contributed by atoms with E-state index in [9.17, 15) is 4.79 Å². The largest absolute Gasteiger partial charge is 0.365 e. The molecule has 6 heteroatoms. The Hall–Kier alpha value is -2.50.